The van der Waals surface area contributed by atoms with Gasteiger partial charge in [-0.2, -0.15) is 13.2 Å². The summed E-state index contributed by atoms with van der Waals surface area (Å²) in [7, 11) is 0. The SMILES string of the molecule is Cl.NC1CCC(C(=O)Nc2ccc(OCC(F)(F)F)cc2)C1. The highest BCUT2D eigenvalue weighted by molar-refractivity contribution is 5.92. The van der Waals surface area contributed by atoms with E-state index in [1.54, 1.807) is 0 Å². The smallest absolute Gasteiger partial charge is 0.422 e. The molecule has 22 heavy (non-hydrogen) atoms. The maximum atomic E-state index is 12.0. The van der Waals surface area contributed by atoms with Crippen molar-refractivity contribution < 1.29 is 22.7 Å². The molecule has 1 amide bonds. The van der Waals surface area contributed by atoms with Crippen LogP contribution in [0, 0.1) is 5.92 Å². The molecule has 124 valence electrons. The average Bonchev–Trinajstić information content (AvgIpc) is 2.84. The van der Waals surface area contributed by atoms with Crippen LogP contribution in [0.4, 0.5) is 18.9 Å². The van der Waals surface area contributed by atoms with E-state index in [0.717, 1.165) is 12.8 Å². The first-order valence-electron chi connectivity index (χ1n) is 6.69. The lowest BCUT2D eigenvalue weighted by molar-refractivity contribution is -0.153. The fourth-order valence-electron chi connectivity index (χ4n) is 2.30. The number of amides is 1. The van der Waals surface area contributed by atoms with Gasteiger partial charge in [-0.25, -0.2) is 0 Å². The van der Waals surface area contributed by atoms with Crippen LogP contribution in [0.5, 0.6) is 5.75 Å². The summed E-state index contributed by atoms with van der Waals surface area (Å²) in [6, 6.07) is 5.87. The van der Waals surface area contributed by atoms with Gasteiger partial charge in [0, 0.05) is 17.6 Å². The van der Waals surface area contributed by atoms with E-state index in [-0.39, 0.29) is 36.0 Å². The minimum Gasteiger partial charge on any atom is -0.484 e. The van der Waals surface area contributed by atoms with Crippen molar-refractivity contribution in [3.05, 3.63) is 24.3 Å². The fourth-order valence-corrected chi connectivity index (χ4v) is 2.30. The van der Waals surface area contributed by atoms with Crippen LogP contribution < -0.4 is 15.8 Å². The molecule has 3 N–H and O–H groups in total. The first-order chi connectivity index (χ1) is 9.83. The zero-order valence-electron chi connectivity index (χ0n) is 11.7. The van der Waals surface area contributed by atoms with E-state index in [2.05, 4.69) is 10.1 Å². The molecule has 0 aliphatic heterocycles. The predicted molar refractivity (Wildman–Crippen MR) is 79.2 cm³/mol. The lowest BCUT2D eigenvalue weighted by Gasteiger charge is -2.12. The molecule has 1 saturated carbocycles. The standard InChI is InChI=1S/C14H17F3N2O2.ClH/c15-14(16,17)8-21-12-5-3-11(4-6-12)19-13(20)9-1-2-10(18)7-9;/h3-6,9-10H,1-2,7-8,18H2,(H,19,20);1H. The van der Waals surface area contributed by atoms with E-state index in [9.17, 15) is 18.0 Å². The average molecular weight is 339 g/mol. The molecule has 8 heteroatoms. The molecule has 0 aromatic heterocycles. The molecule has 0 spiro atoms. The third-order valence-corrected chi connectivity index (χ3v) is 3.37. The van der Waals surface area contributed by atoms with Gasteiger partial charge in [0.1, 0.15) is 5.75 Å². The van der Waals surface area contributed by atoms with Crippen molar-refractivity contribution in [3.63, 3.8) is 0 Å². The Kier molecular flexibility index (Phi) is 6.49. The van der Waals surface area contributed by atoms with Gasteiger partial charge < -0.3 is 15.8 Å². The Morgan fingerprint density at radius 1 is 1.27 bits per heavy atom. The molecule has 1 aliphatic rings. The molecule has 0 saturated heterocycles. The Bertz CT molecular complexity index is 494. The Balaban J connectivity index is 0.00000242. The van der Waals surface area contributed by atoms with Gasteiger partial charge in [0.05, 0.1) is 0 Å². The van der Waals surface area contributed by atoms with Gasteiger partial charge in [-0.1, -0.05) is 0 Å². The second-order valence-electron chi connectivity index (χ2n) is 5.19. The third kappa shape index (κ3) is 5.73. The summed E-state index contributed by atoms with van der Waals surface area (Å²) in [5.41, 5.74) is 6.28. The zero-order valence-corrected chi connectivity index (χ0v) is 12.5. The lowest BCUT2D eigenvalue weighted by atomic mass is 10.1. The van der Waals surface area contributed by atoms with Crippen LogP contribution in [0.25, 0.3) is 0 Å². The van der Waals surface area contributed by atoms with Gasteiger partial charge >= 0.3 is 6.18 Å². The molecule has 1 aliphatic carbocycles. The molecule has 0 radical (unpaired) electrons. The lowest BCUT2D eigenvalue weighted by Crippen LogP contribution is -2.23. The van der Waals surface area contributed by atoms with E-state index >= 15 is 0 Å². The topological polar surface area (TPSA) is 64.4 Å². The summed E-state index contributed by atoms with van der Waals surface area (Å²) in [6.45, 7) is -1.33. The van der Waals surface area contributed by atoms with E-state index in [1.165, 1.54) is 24.3 Å². The van der Waals surface area contributed by atoms with Crippen molar-refractivity contribution in [1.82, 2.24) is 0 Å². The normalized spacial score (nSPS) is 21.1. The third-order valence-electron chi connectivity index (χ3n) is 3.37. The Morgan fingerprint density at radius 2 is 1.91 bits per heavy atom. The molecule has 4 nitrogen and oxygen atoms in total. The van der Waals surface area contributed by atoms with Crippen LogP contribution in [0.2, 0.25) is 0 Å². The molecule has 2 rings (SSSR count). The molecular formula is C14H18ClF3N2O2. The molecule has 0 bridgehead atoms. The number of hydrogen-bond acceptors (Lipinski definition) is 3. The van der Waals surface area contributed by atoms with E-state index in [1.807, 2.05) is 0 Å². The van der Waals surface area contributed by atoms with Crippen LogP contribution in [0.3, 0.4) is 0 Å². The van der Waals surface area contributed by atoms with Crippen molar-refractivity contribution in [3.8, 4) is 5.75 Å². The van der Waals surface area contributed by atoms with E-state index < -0.39 is 12.8 Å². The first kappa shape index (κ1) is 18.6. The summed E-state index contributed by atoms with van der Waals surface area (Å²) in [5, 5.41) is 2.73. The van der Waals surface area contributed by atoms with Crippen molar-refractivity contribution in [2.45, 2.75) is 31.5 Å². The van der Waals surface area contributed by atoms with Crippen LogP contribution in [0.1, 0.15) is 19.3 Å². The summed E-state index contributed by atoms with van der Waals surface area (Å²) >= 11 is 0. The van der Waals surface area contributed by atoms with Crippen LogP contribution >= 0.6 is 12.4 Å². The minimum absolute atomic E-state index is 0. The number of alkyl halides is 3. The molecule has 1 aromatic carbocycles. The fraction of sp³-hybridized carbons (Fsp3) is 0.500. The van der Waals surface area contributed by atoms with Crippen molar-refractivity contribution in [1.29, 1.82) is 0 Å². The second kappa shape index (κ2) is 7.69. The number of halogens is 4. The van der Waals surface area contributed by atoms with Crippen molar-refractivity contribution in [2.24, 2.45) is 11.7 Å². The number of rotatable bonds is 4. The summed E-state index contributed by atoms with van der Waals surface area (Å²) in [5.74, 6) is -0.0960. The molecular weight excluding hydrogens is 321 g/mol. The number of carbonyl (C=O) groups is 1. The zero-order chi connectivity index (χ0) is 15.5. The predicted octanol–water partition coefficient (Wildman–Crippen LogP) is 3.12. The van der Waals surface area contributed by atoms with Gasteiger partial charge in [-0.3, -0.25) is 4.79 Å². The molecule has 1 fully saturated rings. The second-order valence-corrected chi connectivity index (χ2v) is 5.19. The maximum absolute atomic E-state index is 12.0. The number of ether oxygens (including phenoxy) is 1. The molecule has 1 aromatic rings. The minimum atomic E-state index is -4.37. The van der Waals surface area contributed by atoms with E-state index in [4.69, 9.17) is 5.73 Å². The van der Waals surface area contributed by atoms with Gasteiger partial charge in [0.2, 0.25) is 5.91 Å². The van der Waals surface area contributed by atoms with Gasteiger partial charge in [-0.15, -0.1) is 12.4 Å². The number of anilines is 1. The number of benzene rings is 1. The Morgan fingerprint density at radius 3 is 2.41 bits per heavy atom. The Hall–Kier alpha value is -1.47. The van der Waals surface area contributed by atoms with Crippen LogP contribution in [0.15, 0.2) is 24.3 Å². The van der Waals surface area contributed by atoms with Gasteiger partial charge in [0.15, 0.2) is 6.61 Å². The number of nitrogens with one attached hydrogen (secondary N) is 1. The summed E-state index contributed by atoms with van der Waals surface area (Å²) in [4.78, 5) is 12.0. The first-order valence-corrected chi connectivity index (χ1v) is 6.69. The summed E-state index contributed by atoms with van der Waals surface area (Å²) < 4.78 is 40.6. The monoisotopic (exact) mass is 338 g/mol. The van der Waals surface area contributed by atoms with Gasteiger partial charge in [0.25, 0.3) is 0 Å². The number of carbonyl (C=O) groups excluding carboxylic acids is 1. The maximum Gasteiger partial charge on any atom is 0.422 e. The Labute approximate surface area is 132 Å². The highest BCUT2D eigenvalue weighted by Crippen LogP contribution is 2.26. The summed E-state index contributed by atoms with van der Waals surface area (Å²) in [6.07, 6.45) is -2.10. The van der Waals surface area contributed by atoms with E-state index in [0.29, 0.717) is 12.1 Å². The van der Waals surface area contributed by atoms with Crippen molar-refractivity contribution >= 4 is 24.0 Å². The molecule has 0 heterocycles. The largest absolute Gasteiger partial charge is 0.484 e. The highest BCUT2D eigenvalue weighted by Gasteiger charge is 2.29. The molecule has 2 unspecified atom stereocenters. The van der Waals surface area contributed by atoms with Gasteiger partial charge in [-0.05, 0) is 43.5 Å². The quantitative estimate of drug-likeness (QED) is 0.886. The highest BCUT2D eigenvalue weighted by atomic mass is 35.5. The van der Waals surface area contributed by atoms with Crippen molar-refractivity contribution in [2.75, 3.05) is 11.9 Å². The van der Waals surface area contributed by atoms with Crippen LogP contribution in [-0.2, 0) is 4.79 Å². The number of nitrogens with two attached hydrogens (primary N) is 1. The molecule has 2 atom stereocenters. The van der Waals surface area contributed by atoms with Crippen LogP contribution in [-0.4, -0.2) is 24.7 Å². The number of hydrogen-bond donors (Lipinski definition) is 2.